The molecule has 2 aromatic heterocycles. The van der Waals surface area contributed by atoms with E-state index in [4.69, 9.17) is 18.3 Å². The molecule has 0 saturated heterocycles. The number of aromatic hydroxyl groups is 3. The molecule has 0 aliphatic rings. The van der Waals surface area contributed by atoms with Crippen LogP contribution in [0.15, 0.2) is 91.2 Å². The molecule has 0 unspecified atom stereocenters. The molecule has 42 heavy (non-hydrogen) atoms. The molecule has 0 fully saturated rings. The minimum Gasteiger partial charge on any atom is -0.872 e. The van der Waals surface area contributed by atoms with Gasteiger partial charge in [0.25, 0.3) is 0 Å². The van der Waals surface area contributed by atoms with Crippen molar-refractivity contribution in [2.24, 2.45) is 0 Å². The van der Waals surface area contributed by atoms with Crippen LogP contribution in [0.4, 0.5) is 0 Å². The van der Waals surface area contributed by atoms with Gasteiger partial charge in [0.15, 0.2) is 16.4 Å². The van der Waals surface area contributed by atoms with E-state index in [-0.39, 0.29) is 61.8 Å². The van der Waals surface area contributed by atoms with Gasteiger partial charge in [0.1, 0.15) is 51.2 Å². The van der Waals surface area contributed by atoms with E-state index in [9.17, 15) is 30.0 Å². The number of fused-ring (bicyclic) bond motifs is 2. The molecule has 10 nitrogen and oxygen atoms in total. The van der Waals surface area contributed by atoms with Gasteiger partial charge in [0.05, 0.1) is 25.2 Å². The summed E-state index contributed by atoms with van der Waals surface area (Å²) in [4.78, 5) is 26.1. The smallest absolute Gasteiger partial charge is 0.197 e. The van der Waals surface area contributed by atoms with Gasteiger partial charge in [-0.1, -0.05) is 5.75 Å². The maximum absolute atomic E-state index is 13.2. The first-order valence-electron chi connectivity index (χ1n) is 12.5. The Labute approximate surface area is 236 Å². The predicted octanol–water partition coefficient (Wildman–Crippen LogP) is 5.11. The highest BCUT2D eigenvalue weighted by Gasteiger charge is 2.23. The Bertz CT molecular complexity index is 2140. The van der Waals surface area contributed by atoms with Crippen LogP contribution in [0.5, 0.6) is 34.5 Å². The lowest BCUT2D eigenvalue weighted by atomic mass is 9.96. The van der Waals surface area contributed by atoms with E-state index in [0.29, 0.717) is 11.1 Å². The Balaban J connectivity index is 1.62. The van der Waals surface area contributed by atoms with Crippen LogP contribution in [0.3, 0.4) is 0 Å². The van der Waals surface area contributed by atoms with Crippen LogP contribution < -0.4 is 25.4 Å². The summed E-state index contributed by atoms with van der Waals surface area (Å²) in [6.45, 7) is 0. The van der Waals surface area contributed by atoms with Crippen LogP contribution >= 0.6 is 0 Å². The van der Waals surface area contributed by atoms with Gasteiger partial charge in [-0.15, -0.1) is 0 Å². The van der Waals surface area contributed by atoms with E-state index in [1.165, 1.54) is 50.6 Å². The number of methoxy groups -OCH3 is 2. The minimum atomic E-state index is -0.573. The van der Waals surface area contributed by atoms with Gasteiger partial charge in [0, 0.05) is 41.0 Å². The van der Waals surface area contributed by atoms with Gasteiger partial charge >= 0.3 is 0 Å². The molecule has 3 N–H and O–H groups in total. The SMILES string of the molecule is COc1cc([O-])c2c(=O)cc(-c3ccc(OC)c(-c4c(O)cc(O)c5c(=O)cc(-c6ccc(O)cc6)oc45)c3)oc2c1. The van der Waals surface area contributed by atoms with Crippen LogP contribution in [0.2, 0.25) is 0 Å². The average molecular weight is 566 g/mol. The van der Waals surface area contributed by atoms with Crippen LogP contribution in [0.25, 0.3) is 55.7 Å². The second kappa shape index (κ2) is 9.93. The summed E-state index contributed by atoms with van der Waals surface area (Å²) in [7, 11) is 2.80. The fraction of sp³-hybridized carbons (Fsp3) is 0.0625. The molecule has 0 bridgehead atoms. The van der Waals surface area contributed by atoms with Crippen molar-refractivity contribution in [3.8, 4) is 68.3 Å². The normalized spacial score (nSPS) is 11.2. The zero-order valence-electron chi connectivity index (χ0n) is 22.1. The Morgan fingerprint density at radius 1 is 0.690 bits per heavy atom. The van der Waals surface area contributed by atoms with E-state index < -0.39 is 28.1 Å². The van der Waals surface area contributed by atoms with E-state index in [2.05, 4.69) is 0 Å². The second-order valence-corrected chi connectivity index (χ2v) is 9.40. The fourth-order valence-electron chi connectivity index (χ4n) is 4.88. The Morgan fingerprint density at radius 3 is 2.05 bits per heavy atom. The highest BCUT2D eigenvalue weighted by Crippen LogP contribution is 2.45. The summed E-state index contributed by atoms with van der Waals surface area (Å²) >= 11 is 0. The van der Waals surface area contributed by atoms with E-state index in [0.717, 1.165) is 6.07 Å². The van der Waals surface area contributed by atoms with Crippen LogP contribution in [-0.2, 0) is 0 Å². The summed E-state index contributed by atoms with van der Waals surface area (Å²) < 4.78 is 22.7. The van der Waals surface area contributed by atoms with Gasteiger partial charge in [0.2, 0.25) is 0 Å². The summed E-state index contributed by atoms with van der Waals surface area (Å²) in [5, 5.41) is 43.5. The Kier molecular flexibility index (Phi) is 6.23. The van der Waals surface area contributed by atoms with Gasteiger partial charge in [-0.05, 0) is 48.5 Å². The number of hydrogen-bond donors (Lipinski definition) is 3. The molecule has 0 amide bonds. The zero-order valence-corrected chi connectivity index (χ0v) is 22.1. The number of ether oxygens (including phenoxy) is 2. The molecule has 6 rings (SSSR count). The van der Waals surface area contributed by atoms with Crippen molar-refractivity contribution >= 4 is 21.9 Å². The third-order valence-corrected chi connectivity index (χ3v) is 6.87. The highest BCUT2D eigenvalue weighted by molar-refractivity contribution is 6.01. The molecule has 0 radical (unpaired) electrons. The van der Waals surface area contributed by atoms with E-state index in [1.807, 2.05) is 0 Å². The van der Waals surface area contributed by atoms with Gasteiger partial charge in [-0.2, -0.15) is 0 Å². The third-order valence-electron chi connectivity index (χ3n) is 6.87. The Hall–Kier alpha value is -5.90. The van der Waals surface area contributed by atoms with Crippen molar-refractivity contribution in [3.63, 3.8) is 0 Å². The number of phenolic OH excluding ortho intramolecular Hbond substituents is 3. The standard InChI is InChI=1S/C32H22O10/c1-39-18-10-20(34)30-23(37)13-27(41-28(30)11-18)16-5-8-25(40-2)19(9-16)29-21(35)12-22(36)31-24(38)14-26(42-32(29)31)15-3-6-17(33)7-4-15/h3-14,33-36H,1-2H3/p-1. The van der Waals surface area contributed by atoms with Crippen molar-refractivity contribution in [1.82, 2.24) is 0 Å². The predicted molar refractivity (Wildman–Crippen MR) is 152 cm³/mol. The van der Waals surface area contributed by atoms with Gasteiger partial charge < -0.3 is 38.7 Å². The van der Waals surface area contributed by atoms with Crippen molar-refractivity contribution in [1.29, 1.82) is 0 Å². The van der Waals surface area contributed by atoms with Gasteiger partial charge in [-0.3, -0.25) is 9.59 Å². The summed E-state index contributed by atoms with van der Waals surface area (Å²) in [5.41, 5.74) is -0.104. The quantitative estimate of drug-likeness (QED) is 0.256. The number of phenols is 3. The molecule has 210 valence electrons. The van der Waals surface area contributed by atoms with E-state index in [1.54, 1.807) is 30.3 Å². The number of rotatable bonds is 5. The molecule has 10 heteroatoms. The first-order chi connectivity index (χ1) is 20.2. The van der Waals surface area contributed by atoms with Gasteiger partial charge in [-0.25, -0.2) is 0 Å². The first kappa shape index (κ1) is 26.3. The maximum atomic E-state index is 13.2. The molecule has 0 spiro atoms. The van der Waals surface area contributed by atoms with Crippen LogP contribution in [0.1, 0.15) is 0 Å². The van der Waals surface area contributed by atoms with Crippen LogP contribution in [-0.4, -0.2) is 29.5 Å². The van der Waals surface area contributed by atoms with E-state index >= 15 is 0 Å². The fourth-order valence-corrected chi connectivity index (χ4v) is 4.88. The molecule has 6 aromatic rings. The lowest BCUT2D eigenvalue weighted by Crippen LogP contribution is -2.05. The Morgan fingerprint density at radius 2 is 1.36 bits per heavy atom. The van der Waals surface area contributed by atoms with Crippen molar-refractivity contribution in [3.05, 3.63) is 93.2 Å². The topological polar surface area (TPSA) is 163 Å². The number of hydrogen-bond acceptors (Lipinski definition) is 10. The lowest BCUT2D eigenvalue weighted by molar-refractivity contribution is -0.266. The summed E-state index contributed by atoms with van der Waals surface area (Å²) in [6.07, 6.45) is 0. The third kappa shape index (κ3) is 4.31. The van der Waals surface area contributed by atoms with Crippen LogP contribution in [0, 0.1) is 0 Å². The molecular formula is C32H21O10-. The molecule has 0 saturated carbocycles. The highest BCUT2D eigenvalue weighted by atomic mass is 16.5. The molecule has 4 aromatic carbocycles. The largest absolute Gasteiger partial charge is 0.872 e. The van der Waals surface area contributed by atoms with Crippen molar-refractivity contribution < 1.29 is 38.7 Å². The van der Waals surface area contributed by atoms with Crippen molar-refractivity contribution in [2.45, 2.75) is 0 Å². The minimum absolute atomic E-state index is 0.0182. The molecule has 0 aliphatic carbocycles. The monoisotopic (exact) mass is 565 g/mol. The van der Waals surface area contributed by atoms with Crippen molar-refractivity contribution in [2.75, 3.05) is 14.2 Å². The maximum Gasteiger partial charge on any atom is 0.197 e. The summed E-state index contributed by atoms with van der Waals surface area (Å²) in [5.74, 6) is -0.703. The lowest BCUT2D eigenvalue weighted by Gasteiger charge is -2.16. The molecular weight excluding hydrogens is 544 g/mol. The molecule has 0 atom stereocenters. The summed E-state index contributed by atoms with van der Waals surface area (Å²) in [6, 6.07) is 16.7. The molecule has 0 aliphatic heterocycles. The second-order valence-electron chi connectivity index (χ2n) is 9.40. The number of benzene rings is 4. The first-order valence-corrected chi connectivity index (χ1v) is 12.5. The molecule has 2 heterocycles. The average Bonchev–Trinajstić information content (AvgIpc) is 2.96. The zero-order chi connectivity index (χ0) is 29.7.